The molecule has 2 heterocycles. The van der Waals surface area contributed by atoms with Gasteiger partial charge in [-0.2, -0.15) is 5.10 Å². The van der Waals surface area contributed by atoms with E-state index in [1.807, 2.05) is 19.1 Å². The first-order valence-corrected chi connectivity index (χ1v) is 10.2. The third kappa shape index (κ3) is 2.98. The Hall–Kier alpha value is -3.15. The lowest BCUT2D eigenvalue weighted by molar-refractivity contribution is -0.0740. The third-order valence-corrected chi connectivity index (χ3v) is 6.58. The van der Waals surface area contributed by atoms with Gasteiger partial charge >= 0.3 is 0 Å². The van der Waals surface area contributed by atoms with E-state index < -0.39 is 5.82 Å². The molecule has 1 N–H and O–H groups in total. The summed E-state index contributed by atoms with van der Waals surface area (Å²) in [5, 5.41) is 14.3. The molecule has 3 aromatic rings. The number of aromatic nitrogens is 2. The standard InChI is InChI=1S/C24H24FN3O2/c1-15-5-3-4-6-19(15)21-12-28(26-16(21)2)17-10-24(11-17)13-27(14-24)23(30)20-9-18(29)7-8-22(20)25/h3-9,12,17,29H,10-11,13-14H2,1-2H3. The Labute approximate surface area is 174 Å². The Morgan fingerprint density at radius 3 is 2.60 bits per heavy atom. The molecule has 1 aromatic heterocycles. The van der Waals surface area contributed by atoms with Crippen molar-refractivity contribution >= 4 is 5.91 Å². The number of benzene rings is 2. The van der Waals surface area contributed by atoms with Crippen LogP contribution in [-0.4, -0.2) is 38.8 Å². The zero-order valence-corrected chi connectivity index (χ0v) is 17.1. The summed E-state index contributed by atoms with van der Waals surface area (Å²) in [7, 11) is 0. The molecule has 6 heteroatoms. The van der Waals surface area contributed by atoms with Gasteiger partial charge in [-0.1, -0.05) is 24.3 Å². The van der Waals surface area contributed by atoms with E-state index in [0.29, 0.717) is 19.1 Å². The van der Waals surface area contributed by atoms with Crippen molar-refractivity contribution in [2.45, 2.75) is 32.7 Å². The molecular formula is C24H24FN3O2. The van der Waals surface area contributed by atoms with Gasteiger partial charge in [0.2, 0.25) is 0 Å². The van der Waals surface area contributed by atoms with E-state index in [9.17, 15) is 14.3 Å². The molecule has 1 aliphatic carbocycles. The minimum absolute atomic E-state index is 0.0636. The molecule has 1 saturated carbocycles. The van der Waals surface area contributed by atoms with Crippen LogP contribution in [0.25, 0.3) is 11.1 Å². The largest absolute Gasteiger partial charge is 0.508 e. The molecule has 0 radical (unpaired) electrons. The summed E-state index contributed by atoms with van der Waals surface area (Å²) in [5.74, 6) is -1.05. The predicted molar refractivity (Wildman–Crippen MR) is 112 cm³/mol. The number of carbonyl (C=O) groups is 1. The normalized spacial score (nSPS) is 17.6. The average Bonchev–Trinajstić information content (AvgIpc) is 3.03. The van der Waals surface area contributed by atoms with Crippen molar-refractivity contribution in [2.24, 2.45) is 5.41 Å². The summed E-state index contributed by atoms with van der Waals surface area (Å²) < 4.78 is 16.0. The highest BCUT2D eigenvalue weighted by molar-refractivity contribution is 5.95. The van der Waals surface area contributed by atoms with Crippen molar-refractivity contribution in [3.05, 3.63) is 71.3 Å². The Kier molecular flexibility index (Phi) is 4.20. The van der Waals surface area contributed by atoms with Crippen molar-refractivity contribution in [2.75, 3.05) is 13.1 Å². The highest BCUT2D eigenvalue weighted by Crippen LogP contribution is 2.54. The Bertz CT molecular complexity index is 1140. The highest BCUT2D eigenvalue weighted by atomic mass is 19.1. The second-order valence-electron chi connectivity index (χ2n) is 8.81. The zero-order chi connectivity index (χ0) is 21.0. The highest BCUT2D eigenvalue weighted by Gasteiger charge is 2.54. The van der Waals surface area contributed by atoms with Crippen LogP contribution < -0.4 is 0 Å². The van der Waals surface area contributed by atoms with E-state index in [1.165, 1.54) is 28.8 Å². The minimum Gasteiger partial charge on any atom is -0.508 e. The van der Waals surface area contributed by atoms with E-state index in [4.69, 9.17) is 5.10 Å². The monoisotopic (exact) mass is 405 g/mol. The summed E-state index contributed by atoms with van der Waals surface area (Å²) in [6, 6.07) is 12.2. The summed E-state index contributed by atoms with van der Waals surface area (Å²) in [5.41, 5.74) is 4.68. The fourth-order valence-electron chi connectivity index (χ4n) is 4.95. The molecule has 2 fully saturated rings. The Morgan fingerprint density at radius 1 is 1.13 bits per heavy atom. The summed E-state index contributed by atoms with van der Waals surface area (Å²) >= 11 is 0. The van der Waals surface area contributed by atoms with E-state index >= 15 is 0 Å². The van der Waals surface area contributed by atoms with E-state index in [2.05, 4.69) is 29.9 Å². The van der Waals surface area contributed by atoms with Crippen LogP contribution in [0.1, 0.15) is 40.5 Å². The first-order chi connectivity index (χ1) is 14.3. The van der Waals surface area contributed by atoms with Crippen LogP contribution in [0.3, 0.4) is 0 Å². The second kappa shape index (κ2) is 6.69. The van der Waals surface area contributed by atoms with Gasteiger partial charge in [-0.05, 0) is 56.0 Å². The number of aryl methyl sites for hydroxylation is 2. The molecule has 0 unspecified atom stereocenters. The van der Waals surface area contributed by atoms with Crippen LogP contribution in [0.5, 0.6) is 5.75 Å². The van der Waals surface area contributed by atoms with Crippen LogP contribution in [0.4, 0.5) is 4.39 Å². The molecule has 0 bridgehead atoms. The zero-order valence-electron chi connectivity index (χ0n) is 17.1. The van der Waals surface area contributed by atoms with Crippen LogP contribution >= 0.6 is 0 Å². The number of amides is 1. The Morgan fingerprint density at radius 2 is 1.87 bits per heavy atom. The summed E-state index contributed by atoms with van der Waals surface area (Å²) in [6.07, 6.45) is 4.07. The lowest BCUT2D eigenvalue weighted by Gasteiger charge is -2.58. The molecule has 154 valence electrons. The first-order valence-electron chi connectivity index (χ1n) is 10.2. The van der Waals surface area contributed by atoms with Crippen molar-refractivity contribution in [1.29, 1.82) is 0 Å². The minimum atomic E-state index is -0.596. The van der Waals surface area contributed by atoms with E-state index in [0.717, 1.165) is 24.6 Å². The summed E-state index contributed by atoms with van der Waals surface area (Å²) in [6.45, 7) is 5.41. The fraction of sp³-hybridized carbons (Fsp3) is 0.333. The molecule has 1 saturated heterocycles. The number of rotatable bonds is 3. The molecule has 1 spiro atoms. The maximum absolute atomic E-state index is 14.0. The van der Waals surface area contributed by atoms with Gasteiger partial charge in [-0.25, -0.2) is 4.39 Å². The van der Waals surface area contributed by atoms with E-state index in [1.54, 1.807) is 4.90 Å². The first kappa shape index (κ1) is 18.9. The average molecular weight is 405 g/mol. The molecule has 1 amide bonds. The fourth-order valence-corrected chi connectivity index (χ4v) is 4.95. The molecule has 5 rings (SSSR count). The molecule has 5 nitrogen and oxygen atoms in total. The number of phenolic OH excluding ortho intramolecular Hbond substituents is 1. The third-order valence-electron chi connectivity index (χ3n) is 6.58. The number of nitrogens with zero attached hydrogens (tertiary/aromatic N) is 3. The number of hydrogen-bond acceptors (Lipinski definition) is 3. The number of carbonyl (C=O) groups excluding carboxylic acids is 1. The molecule has 0 atom stereocenters. The van der Waals surface area contributed by atoms with Gasteiger partial charge in [0.05, 0.1) is 17.3 Å². The number of likely N-dealkylation sites (tertiary alicyclic amines) is 1. The summed E-state index contributed by atoms with van der Waals surface area (Å²) in [4.78, 5) is 14.2. The quantitative estimate of drug-likeness (QED) is 0.699. The Balaban J connectivity index is 1.25. The van der Waals surface area contributed by atoms with Gasteiger partial charge in [0, 0.05) is 30.3 Å². The number of halogens is 1. The predicted octanol–water partition coefficient (Wildman–Crippen LogP) is 4.49. The van der Waals surface area contributed by atoms with Gasteiger partial charge in [-0.15, -0.1) is 0 Å². The smallest absolute Gasteiger partial charge is 0.257 e. The number of phenols is 1. The van der Waals surface area contributed by atoms with Crippen LogP contribution in [0.15, 0.2) is 48.7 Å². The lowest BCUT2D eigenvalue weighted by Crippen LogP contribution is -2.63. The van der Waals surface area contributed by atoms with Crippen LogP contribution in [-0.2, 0) is 0 Å². The molecule has 1 aliphatic heterocycles. The van der Waals surface area contributed by atoms with Crippen molar-refractivity contribution in [3.63, 3.8) is 0 Å². The van der Waals surface area contributed by atoms with E-state index in [-0.39, 0.29) is 22.6 Å². The topological polar surface area (TPSA) is 58.4 Å². The van der Waals surface area contributed by atoms with Crippen molar-refractivity contribution in [3.8, 4) is 16.9 Å². The van der Waals surface area contributed by atoms with Gasteiger partial charge in [0.15, 0.2) is 0 Å². The number of hydrogen-bond donors (Lipinski definition) is 1. The van der Waals surface area contributed by atoms with Gasteiger partial charge in [0.1, 0.15) is 11.6 Å². The van der Waals surface area contributed by atoms with Crippen LogP contribution in [0.2, 0.25) is 0 Å². The van der Waals surface area contributed by atoms with Gasteiger partial charge in [0.25, 0.3) is 5.91 Å². The maximum atomic E-state index is 14.0. The molecule has 2 aromatic carbocycles. The van der Waals surface area contributed by atoms with Crippen molar-refractivity contribution in [1.82, 2.24) is 14.7 Å². The van der Waals surface area contributed by atoms with Gasteiger partial charge in [-0.3, -0.25) is 9.48 Å². The maximum Gasteiger partial charge on any atom is 0.257 e. The molecule has 30 heavy (non-hydrogen) atoms. The van der Waals surface area contributed by atoms with Crippen molar-refractivity contribution < 1.29 is 14.3 Å². The van der Waals surface area contributed by atoms with Gasteiger partial charge < -0.3 is 10.0 Å². The second-order valence-corrected chi connectivity index (χ2v) is 8.81. The number of aromatic hydroxyl groups is 1. The molecular weight excluding hydrogens is 381 g/mol. The SMILES string of the molecule is Cc1ccccc1-c1cn(C2CC3(C2)CN(C(=O)c2cc(O)ccc2F)C3)nc1C. The molecule has 2 aliphatic rings. The lowest BCUT2D eigenvalue weighted by atomic mass is 9.60. The van der Waals surface area contributed by atoms with Crippen LogP contribution in [0, 0.1) is 25.1 Å².